The van der Waals surface area contributed by atoms with Crippen molar-refractivity contribution in [3.63, 3.8) is 0 Å². The Morgan fingerprint density at radius 1 is 1.30 bits per heavy atom. The largest absolute Gasteiger partial charge is 0.364 e. The zero-order valence-electron chi connectivity index (χ0n) is 11.7. The monoisotopic (exact) mass is 272 g/mol. The summed E-state index contributed by atoms with van der Waals surface area (Å²) in [6, 6.07) is 9.92. The van der Waals surface area contributed by atoms with E-state index in [9.17, 15) is 4.79 Å². The summed E-state index contributed by atoms with van der Waals surface area (Å²) in [5.41, 5.74) is 0.816. The molecule has 0 aliphatic rings. The number of benzene rings is 1. The lowest BCUT2D eigenvalue weighted by Crippen LogP contribution is -2.15. The van der Waals surface area contributed by atoms with Crippen LogP contribution < -0.4 is 5.69 Å². The fourth-order valence-electron chi connectivity index (χ4n) is 1.96. The maximum atomic E-state index is 11.7. The molecule has 1 aromatic carbocycles. The Kier molecular flexibility index (Phi) is 5.29. The SMILES string of the molecule is CCCCC/C=N\n1c(Cc2ccccc2)n[nH]c1=O. The molecule has 1 heterocycles. The van der Waals surface area contributed by atoms with E-state index in [2.05, 4.69) is 22.2 Å². The van der Waals surface area contributed by atoms with E-state index >= 15 is 0 Å². The third kappa shape index (κ3) is 3.91. The zero-order valence-corrected chi connectivity index (χ0v) is 11.7. The van der Waals surface area contributed by atoms with Crippen LogP contribution in [0.2, 0.25) is 0 Å². The molecule has 0 aliphatic carbocycles. The number of rotatable bonds is 7. The van der Waals surface area contributed by atoms with Crippen molar-refractivity contribution < 1.29 is 0 Å². The summed E-state index contributed by atoms with van der Waals surface area (Å²) in [4.78, 5) is 11.7. The van der Waals surface area contributed by atoms with Gasteiger partial charge in [0, 0.05) is 12.6 Å². The molecule has 20 heavy (non-hydrogen) atoms. The summed E-state index contributed by atoms with van der Waals surface area (Å²) in [7, 11) is 0. The minimum atomic E-state index is -0.289. The van der Waals surface area contributed by atoms with Gasteiger partial charge in [-0.15, -0.1) is 0 Å². The molecule has 0 amide bonds. The normalized spacial score (nSPS) is 11.2. The van der Waals surface area contributed by atoms with Gasteiger partial charge in [0.25, 0.3) is 0 Å². The van der Waals surface area contributed by atoms with Gasteiger partial charge < -0.3 is 0 Å². The third-order valence-electron chi connectivity index (χ3n) is 3.06. The van der Waals surface area contributed by atoms with Crippen LogP contribution in [0.3, 0.4) is 0 Å². The Labute approximate surface area is 118 Å². The van der Waals surface area contributed by atoms with E-state index in [1.54, 1.807) is 6.21 Å². The highest BCUT2D eigenvalue weighted by molar-refractivity contribution is 5.56. The molecule has 0 bridgehead atoms. The zero-order chi connectivity index (χ0) is 14.2. The highest BCUT2D eigenvalue weighted by Crippen LogP contribution is 2.05. The van der Waals surface area contributed by atoms with Crippen LogP contribution in [-0.4, -0.2) is 21.1 Å². The van der Waals surface area contributed by atoms with Crippen LogP contribution in [0.25, 0.3) is 0 Å². The fraction of sp³-hybridized carbons (Fsp3) is 0.400. The first-order chi connectivity index (χ1) is 9.81. The van der Waals surface area contributed by atoms with Gasteiger partial charge in [0.05, 0.1) is 0 Å². The van der Waals surface area contributed by atoms with Crippen molar-refractivity contribution >= 4 is 6.21 Å². The van der Waals surface area contributed by atoms with Gasteiger partial charge in [0.1, 0.15) is 0 Å². The van der Waals surface area contributed by atoms with Crippen LogP contribution >= 0.6 is 0 Å². The van der Waals surface area contributed by atoms with Crippen molar-refractivity contribution in [3.05, 3.63) is 52.2 Å². The van der Waals surface area contributed by atoms with Crippen molar-refractivity contribution in [2.45, 2.75) is 39.0 Å². The molecule has 0 fully saturated rings. The number of hydrogen-bond acceptors (Lipinski definition) is 3. The highest BCUT2D eigenvalue weighted by atomic mass is 16.2. The second-order valence-electron chi connectivity index (χ2n) is 4.71. The van der Waals surface area contributed by atoms with Crippen molar-refractivity contribution in [2.24, 2.45) is 5.10 Å². The summed E-state index contributed by atoms with van der Waals surface area (Å²) in [5.74, 6) is 0.632. The van der Waals surface area contributed by atoms with Crippen LogP contribution in [0, 0.1) is 0 Å². The molecule has 0 radical (unpaired) electrons. The molecule has 2 rings (SSSR count). The molecule has 106 valence electrons. The molecule has 0 atom stereocenters. The molecule has 1 N–H and O–H groups in total. The number of aromatic amines is 1. The summed E-state index contributed by atoms with van der Waals surface area (Å²) in [6.45, 7) is 2.16. The number of nitrogens with one attached hydrogen (secondary N) is 1. The van der Waals surface area contributed by atoms with E-state index in [1.807, 2.05) is 30.3 Å². The van der Waals surface area contributed by atoms with E-state index in [-0.39, 0.29) is 5.69 Å². The van der Waals surface area contributed by atoms with E-state index in [0.29, 0.717) is 12.2 Å². The van der Waals surface area contributed by atoms with Gasteiger partial charge in [-0.3, -0.25) is 0 Å². The molecule has 0 unspecified atom stereocenters. The fourth-order valence-corrected chi connectivity index (χ4v) is 1.96. The Morgan fingerprint density at radius 3 is 2.85 bits per heavy atom. The van der Waals surface area contributed by atoms with Gasteiger partial charge in [-0.1, -0.05) is 50.1 Å². The minimum Gasteiger partial charge on any atom is -0.244 e. The van der Waals surface area contributed by atoms with Crippen molar-refractivity contribution in [1.29, 1.82) is 0 Å². The molecule has 5 nitrogen and oxygen atoms in total. The maximum Gasteiger partial charge on any atom is 0.364 e. The van der Waals surface area contributed by atoms with Gasteiger partial charge in [0.2, 0.25) is 0 Å². The molecular weight excluding hydrogens is 252 g/mol. The Morgan fingerprint density at radius 2 is 2.10 bits per heavy atom. The Hall–Kier alpha value is -2.17. The first kappa shape index (κ1) is 14.2. The molecule has 2 aromatic rings. The maximum absolute atomic E-state index is 11.7. The second-order valence-corrected chi connectivity index (χ2v) is 4.71. The van der Waals surface area contributed by atoms with Crippen LogP contribution in [0.15, 0.2) is 40.2 Å². The molecular formula is C15H20N4O. The first-order valence-electron chi connectivity index (χ1n) is 7.04. The summed E-state index contributed by atoms with van der Waals surface area (Å²) in [6.07, 6.45) is 6.73. The lowest BCUT2D eigenvalue weighted by atomic mass is 10.1. The average molecular weight is 272 g/mol. The summed E-state index contributed by atoms with van der Waals surface area (Å²) < 4.78 is 1.35. The molecule has 0 aliphatic heterocycles. The van der Waals surface area contributed by atoms with Crippen LogP contribution in [-0.2, 0) is 6.42 Å². The molecule has 1 aromatic heterocycles. The van der Waals surface area contributed by atoms with Crippen LogP contribution in [0.5, 0.6) is 0 Å². The lowest BCUT2D eigenvalue weighted by Gasteiger charge is -2.00. The van der Waals surface area contributed by atoms with E-state index in [4.69, 9.17) is 0 Å². The molecule has 0 saturated carbocycles. The standard InChI is InChI=1S/C15H20N4O/c1-2-3-4-8-11-16-19-14(17-18-15(19)20)12-13-9-6-5-7-10-13/h5-7,9-11H,2-4,8,12H2,1H3,(H,18,20)/b16-11-. The quantitative estimate of drug-likeness (QED) is 0.622. The summed E-state index contributed by atoms with van der Waals surface area (Å²) >= 11 is 0. The number of aromatic nitrogens is 3. The van der Waals surface area contributed by atoms with Gasteiger partial charge >= 0.3 is 5.69 Å². The molecule has 0 saturated heterocycles. The van der Waals surface area contributed by atoms with E-state index < -0.39 is 0 Å². The predicted molar refractivity (Wildman–Crippen MR) is 80.1 cm³/mol. The van der Waals surface area contributed by atoms with Crippen molar-refractivity contribution in [1.82, 2.24) is 14.9 Å². The second kappa shape index (κ2) is 7.43. The predicted octanol–water partition coefficient (Wildman–Crippen LogP) is 2.58. The third-order valence-corrected chi connectivity index (χ3v) is 3.06. The number of unbranched alkanes of at least 4 members (excludes halogenated alkanes) is 3. The Balaban J connectivity index is 2.06. The smallest absolute Gasteiger partial charge is 0.244 e. The van der Waals surface area contributed by atoms with Gasteiger partial charge in [-0.25, -0.2) is 9.89 Å². The number of hydrogen-bond donors (Lipinski definition) is 1. The van der Waals surface area contributed by atoms with Gasteiger partial charge in [-0.05, 0) is 18.4 Å². The topological polar surface area (TPSA) is 63.0 Å². The molecule has 0 spiro atoms. The number of H-pyrrole nitrogens is 1. The van der Waals surface area contributed by atoms with E-state index in [1.165, 1.54) is 17.5 Å². The van der Waals surface area contributed by atoms with Gasteiger partial charge in [0.15, 0.2) is 5.82 Å². The van der Waals surface area contributed by atoms with Crippen molar-refractivity contribution in [2.75, 3.05) is 0 Å². The van der Waals surface area contributed by atoms with E-state index in [0.717, 1.165) is 18.4 Å². The Bertz CT molecular complexity index is 598. The van der Waals surface area contributed by atoms with Crippen molar-refractivity contribution in [3.8, 4) is 0 Å². The minimum absolute atomic E-state index is 0.289. The average Bonchev–Trinajstić information content (AvgIpc) is 2.81. The highest BCUT2D eigenvalue weighted by Gasteiger charge is 2.07. The summed E-state index contributed by atoms with van der Waals surface area (Å²) in [5, 5.41) is 10.7. The van der Waals surface area contributed by atoms with Gasteiger partial charge in [-0.2, -0.15) is 14.9 Å². The van der Waals surface area contributed by atoms with Crippen LogP contribution in [0.1, 0.15) is 44.0 Å². The lowest BCUT2D eigenvalue weighted by molar-refractivity contribution is 0.733. The van der Waals surface area contributed by atoms with Crippen LogP contribution in [0.4, 0.5) is 0 Å². The first-order valence-corrected chi connectivity index (χ1v) is 7.04. The molecule has 5 heteroatoms. The number of nitrogens with zero attached hydrogens (tertiary/aromatic N) is 3.